The summed E-state index contributed by atoms with van der Waals surface area (Å²) >= 11 is 0. The van der Waals surface area contributed by atoms with Gasteiger partial charge in [-0.05, 0) is 45.6 Å². The van der Waals surface area contributed by atoms with E-state index >= 15 is 0 Å². The molecular formula is C18H27O5P. The molecule has 0 fully saturated rings. The predicted molar refractivity (Wildman–Crippen MR) is 94.8 cm³/mol. The second-order valence-corrected chi connectivity index (χ2v) is 10.2. The summed E-state index contributed by atoms with van der Waals surface area (Å²) in [4.78, 5) is 22.8. The Morgan fingerprint density at radius 2 is 1.75 bits per heavy atom. The molecule has 0 heterocycles. The molecule has 0 aliphatic rings. The highest BCUT2D eigenvalue weighted by Gasteiger charge is 2.30. The average Bonchev–Trinajstić information content (AvgIpc) is 2.49. The Kier molecular flexibility index (Phi) is 7.68. The van der Waals surface area contributed by atoms with E-state index in [-0.39, 0.29) is 12.5 Å². The van der Waals surface area contributed by atoms with Crippen LogP contribution >= 0.6 is 7.14 Å². The van der Waals surface area contributed by atoms with Crippen molar-refractivity contribution in [3.05, 3.63) is 35.9 Å². The van der Waals surface area contributed by atoms with Crippen molar-refractivity contribution >= 4 is 19.1 Å². The summed E-state index contributed by atoms with van der Waals surface area (Å²) in [5, 5.41) is 9.00. The molecule has 24 heavy (non-hydrogen) atoms. The fourth-order valence-electron chi connectivity index (χ4n) is 2.20. The Morgan fingerprint density at radius 1 is 1.12 bits per heavy atom. The molecule has 5 nitrogen and oxygen atoms in total. The van der Waals surface area contributed by atoms with Crippen molar-refractivity contribution in [2.75, 3.05) is 18.7 Å². The lowest BCUT2D eigenvalue weighted by Crippen LogP contribution is -2.24. The minimum Gasteiger partial charge on any atom is -0.481 e. The Hall–Kier alpha value is -1.61. The molecule has 1 N–H and O–H groups in total. The van der Waals surface area contributed by atoms with Crippen LogP contribution in [0.4, 0.5) is 0 Å². The summed E-state index contributed by atoms with van der Waals surface area (Å²) < 4.78 is 17.9. The van der Waals surface area contributed by atoms with Gasteiger partial charge in [-0.15, -0.1) is 0 Å². The van der Waals surface area contributed by atoms with Gasteiger partial charge in [-0.3, -0.25) is 9.59 Å². The van der Waals surface area contributed by atoms with Crippen molar-refractivity contribution in [2.24, 2.45) is 5.41 Å². The zero-order valence-electron chi connectivity index (χ0n) is 14.7. The summed E-state index contributed by atoms with van der Waals surface area (Å²) in [6.45, 7) is 5.12. The first kappa shape index (κ1) is 20.4. The van der Waals surface area contributed by atoms with Gasteiger partial charge >= 0.3 is 11.9 Å². The number of rotatable bonds is 9. The summed E-state index contributed by atoms with van der Waals surface area (Å²) in [5.74, 6) is -1.58. The number of benzene rings is 1. The van der Waals surface area contributed by atoms with E-state index in [1.54, 1.807) is 20.8 Å². The quantitative estimate of drug-likeness (QED) is 0.412. The van der Waals surface area contributed by atoms with Crippen LogP contribution in [0.25, 0.3) is 0 Å². The molecule has 0 amide bonds. The number of hydrogen-bond acceptors (Lipinski definition) is 4. The van der Waals surface area contributed by atoms with Crippen LogP contribution in [0.3, 0.4) is 0 Å². The molecule has 1 rings (SSSR count). The van der Waals surface area contributed by atoms with Crippen LogP contribution in [-0.4, -0.2) is 35.7 Å². The molecular weight excluding hydrogens is 327 g/mol. The molecule has 0 radical (unpaired) electrons. The number of aryl methyl sites for hydroxylation is 1. The molecule has 0 aromatic heterocycles. The number of carboxylic acid groups (broad SMARTS) is 1. The molecule has 0 bridgehead atoms. The van der Waals surface area contributed by atoms with Gasteiger partial charge in [0.25, 0.3) is 0 Å². The summed E-state index contributed by atoms with van der Waals surface area (Å²) in [6.07, 6.45) is 1.88. The monoisotopic (exact) mass is 354 g/mol. The highest BCUT2D eigenvalue weighted by molar-refractivity contribution is 7.64. The number of carboxylic acids is 1. The van der Waals surface area contributed by atoms with E-state index in [2.05, 4.69) is 0 Å². The summed E-state index contributed by atoms with van der Waals surface area (Å²) in [7, 11) is -3.06. The van der Waals surface area contributed by atoms with Gasteiger partial charge in [-0.2, -0.15) is 0 Å². The van der Waals surface area contributed by atoms with Crippen molar-refractivity contribution in [3.63, 3.8) is 0 Å². The predicted octanol–water partition coefficient (Wildman–Crippen LogP) is 4.00. The molecule has 1 aromatic carbocycles. The molecule has 0 aliphatic carbocycles. The van der Waals surface area contributed by atoms with E-state index in [0.29, 0.717) is 6.42 Å². The second-order valence-electron chi connectivity index (χ2n) is 7.09. The first-order chi connectivity index (χ1) is 11.1. The van der Waals surface area contributed by atoms with Gasteiger partial charge in [0.05, 0.1) is 5.41 Å². The molecule has 1 aromatic rings. The van der Waals surface area contributed by atoms with Gasteiger partial charge in [0.1, 0.15) is 19.7 Å². The number of carbonyl (C=O) groups is 2. The molecule has 0 saturated carbocycles. The Bertz CT molecular complexity index is 589. The van der Waals surface area contributed by atoms with Gasteiger partial charge in [0, 0.05) is 6.16 Å². The van der Waals surface area contributed by atoms with E-state index in [0.717, 1.165) is 12.8 Å². The SMILES string of the molecule is CC(C)(C)C(=O)OCP(=O)(CCCCc1ccccc1)CC(=O)O. The molecule has 1 atom stereocenters. The minimum absolute atomic E-state index is 0.281. The van der Waals surface area contributed by atoms with Gasteiger partial charge in [-0.1, -0.05) is 30.3 Å². The van der Waals surface area contributed by atoms with Crippen molar-refractivity contribution < 1.29 is 24.0 Å². The van der Waals surface area contributed by atoms with Crippen molar-refractivity contribution in [2.45, 2.75) is 40.0 Å². The van der Waals surface area contributed by atoms with Crippen molar-refractivity contribution in [1.29, 1.82) is 0 Å². The molecule has 134 valence electrons. The number of hydrogen-bond donors (Lipinski definition) is 1. The first-order valence-electron chi connectivity index (χ1n) is 8.12. The zero-order valence-corrected chi connectivity index (χ0v) is 15.6. The lowest BCUT2D eigenvalue weighted by Gasteiger charge is -2.21. The van der Waals surface area contributed by atoms with Crippen LogP contribution < -0.4 is 0 Å². The highest BCUT2D eigenvalue weighted by atomic mass is 31.2. The number of esters is 1. The second kappa shape index (κ2) is 9.03. The average molecular weight is 354 g/mol. The lowest BCUT2D eigenvalue weighted by atomic mass is 9.98. The van der Waals surface area contributed by atoms with E-state index in [1.807, 2.05) is 30.3 Å². The molecule has 1 unspecified atom stereocenters. The lowest BCUT2D eigenvalue weighted by molar-refractivity contribution is -0.151. The fourth-order valence-corrected chi connectivity index (χ4v) is 4.23. The van der Waals surface area contributed by atoms with Crippen molar-refractivity contribution in [1.82, 2.24) is 0 Å². The minimum atomic E-state index is -3.06. The number of aliphatic carboxylic acids is 1. The maximum absolute atomic E-state index is 12.8. The van der Waals surface area contributed by atoms with E-state index in [4.69, 9.17) is 9.84 Å². The third-order valence-corrected chi connectivity index (χ3v) is 6.17. The Labute approximate surface area is 143 Å². The van der Waals surface area contributed by atoms with Crippen LogP contribution in [0.15, 0.2) is 30.3 Å². The van der Waals surface area contributed by atoms with Crippen molar-refractivity contribution in [3.8, 4) is 0 Å². The molecule has 0 aliphatic heterocycles. The maximum Gasteiger partial charge on any atom is 0.311 e. The van der Waals surface area contributed by atoms with Crippen LogP contribution in [0.2, 0.25) is 0 Å². The first-order valence-corrected chi connectivity index (χ1v) is 10.4. The normalized spacial score (nSPS) is 14.0. The smallest absolute Gasteiger partial charge is 0.311 e. The molecule has 0 saturated heterocycles. The van der Waals surface area contributed by atoms with E-state index in [1.165, 1.54) is 5.56 Å². The molecule has 6 heteroatoms. The maximum atomic E-state index is 12.8. The third-order valence-electron chi connectivity index (χ3n) is 3.59. The topological polar surface area (TPSA) is 80.7 Å². The highest BCUT2D eigenvalue weighted by Crippen LogP contribution is 2.46. The summed E-state index contributed by atoms with van der Waals surface area (Å²) in [6, 6.07) is 9.95. The number of ether oxygens (including phenoxy) is 1. The Balaban J connectivity index is 2.52. The van der Waals surface area contributed by atoms with Gasteiger partial charge < -0.3 is 14.4 Å². The molecule has 0 spiro atoms. The largest absolute Gasteiger partial charge is 0.481 e. The third kappa shape index (κ3) is 7.78. The van der Waals surface area contributed by atoms with Crippen LogP contribution in [0, 0.1) is 5.41 Å². The van der Waals surface area contributed by atoms with Gasteiger partial charge in [0.15, 0.2) is 0 Å². The van der Waals surface area contributed by atoms with Crippen LogP contribution in [0.5, 0.6) is 0 Å². The van der Waals surface area contributed by atoms with Gasteiger partial charge in [0.2, 0.25) is 0 Å². The fraction of sp³-hybridized carbons (Fsp3) is 0.556. The Morgan fingerprint density at radius 3 is 2.29 bits per heavy atom. The standard InChI is InChI=1S/C18H27O5P/c1-18(2,3)17(21)23-14-24(22,13-16(19)20)12-8-7-11-15-9-5-4-6-10-15/h4-6,9-10H,7-8,11-14H2,1-3H3,(H,19,20). The van der Waals surface area contributed by atoms with E-state index < -0.39 is 30.7 Å². The number of carbonyl (C=O) groups excluding carboxylic acids is 1. The zero-order chi connectivity index (χ0) is 18.2. The van der Waals surface area contributed by atoms with Gasteiger partial charge in [-0.25, -0.2) is 0 Å². The number of unbranched alkanes of at least 4 members (excludes halogenated alkanes) is 1. The van der Waals surface area contributed by atoms with Crippen LogP contribution in [-0.2, 0) is 25.3 Å². The van der Waals surface area contributed by atoms with E-state index in [9.17, 15) is 14.2 Å². The summed E-state index contributed by atoms with van der Waals surface area (Å²) in [5.41, 5.74) is 0.506. The van der Waals surface area contributed by atoms with Crippen LogP contribution in [0.1, 0.15) is 39.2 Å².